The molecule has 178 valence electrons. The number of ether oxygens (including phenoxy) is 1. The average Bonchev–Trinajstić information content (AvgIpc) is 3.15. The topological polar surface area (TPSA) is 91.8 Å². The number of sulfonamides is 1. The molecular formula is C22H39IN4O3S. The number of nitrogens with zero attached hydrogens (tertiary/aromatic N) is 1. The van der Waals surface area contributed by atoms with Crippen LogP contribution in [0.2, 0.25) is 0 Å². The van der Waals surface area contributed by atoms with Crippen molar-refractivity contribution < 1.29 is 13.2 Å². The van der Waals surface area contributed by atoms with Gasteiger partial charge in [-0.25, -0.2) is 13.1 Å². The molecule has 0 saturated heterocycles. The number of hydrogen-bond donors (Lipinski definition) is 3. The third-order valence-corrected chi connectivity index (χ3v) is 7.15. The van der Waals surface area contributed by atoms with Crippen molar-refractivity contribution >= 4 is 40.0 Å². The maximum atomic E-state index is 12.1. The molecule has 7 nitrogen and oxygen atoms in total. The summed E-state index contributed by atoms with van der Waals surface area (Å²) in [5.41, 5.74) is 2.15. The number of aliphatic imine (C=N–C) groups is 1. The summed E-state index contributed by atoms with van der Waals surface area (Å²) in [6, 6.07) is 7.54. The number of methoxy groups -OCH3 is 1. The Bertz CT molecular complexity index is 776. The Balaban J connectivity index is 0.00000480. The van der Waals surface area contributed by atoms with E-state index in [9.17, 15) is 8.42 Å². The number of halogens is 1. The van der Waals surface area contributed by atoms with Gasteiger partial charge in [0.05, 0.1) is 5.75 Å². The molecule has 1 aromatic rings. The summed E-state index contributed by atoms with van der Waals surface area (Å²) >= 11 is 0. The SMILES string of the molecule is CN=C(NCc1ccc(CS(=O)(=O)NC(C)C)cc1)NCC1(CCOC)CCCC1.I. The quantitative estimate of drug-likeness (QED) is 0.217. The van der Waals surface area contributed by atoms with E-state index in [2.05, 4.69) is 20.3 Å². The highest BCUT2D eigenvalue weighted by Gasteiger charge is 2.33. The van der Waals surface area contributed by atoms with Gasteiger partial charge in [0.15, 0.2) is 5.96 Å². The number of benzene rings is 1. The average molecular weight is 567 g/mol. The first-order valence-corrected chi connectivity index (χ1v) is 12.4. The van der Waals surface area contributed by atoms with E-state index in [-0.39, 0.29) is 35.8 Å². The lowest BCUT2D eigenvalue weighted by Crippen LogP contribution is -2.43. The Morgan fingerprint density at radius 1 is 1.13 bits per heavy atom. The van der Waals surface area contributed by atoms with E-state index in [1.807, 2.05) is 38.1 Å². The van der Waals surface area contributed by atoms with Gasteiger partial charge in [0.2, 0.25) is 10.0 Å². The monoisotopic (exact) mass is 566 g/mol. The third kappa shape index (κ3) is 10.0. The smallest absolute Gasteiger partial charge is 0.216 e. The summed E-state index contributed by atoms with van der Waals surface area (Å²) in [5.74, 6) is 0.776. The van der Waals surface area contributed by atoms with Crippen LogP contribution in [-0.4, -0.2) is 47.7 Å². The first-order valence-electron chi connectivity index (χ1n) is 10.8. The van der Waals surface area contributed by atoms with E-state index in [0.717, 1.165) is 36.7 Å². The first-order chi connectivity index (χ1) is 14.3. The molecule has 0 atom stereocenters. The fourth-order valence-electron chi connectivity index (χ4n) is 4.01. The lowest BCUT2D eigenvalue weighted by molar-refractivity contribution is 0.138. The minimum absolute atomic E-state index is 0. The molecule has 0 unspecified atom stereocenters. The Hall–Kier alpha value is -0.910. The molecule has 0 amide bonds. The molecule has 0 bridgehead atoms. The largest absolute Gasteiger partial charge is 0.385 e. The maximum absolute atomic E-state index is 12.1. The molecular weight excluding hydrogens is 527 g/mol. The van der Waals surface area contributed by atoms with Crippen molar-refractivity contribution in [3.8, 4) is 0 Å². The van der Waals surface area contributed by atoms with Gasteiger partial charge in [-0.15, -0.1) is 24.0 Å². The van der Waals surface area contributed by atoms with Gasteiger partial charge in [0, 0.05) is 39.9 Å². The van der Waals surface area contributed by atoms with E-state index < -0.39 is 10.0 Å². The second-order valence-electron chi connectivity index (χ2n) is 8.58. The molecule has 1 fully saturated rings. The van der Waals surface area contributed by atoms with Crippen molar-refractivity contribution in [2.75, 3.05) is 27.3 Å². The van der Waals surface area contributed by atoms with Crippen LogP contribution in [0.25, 0.3) is 0 Å². The summed E-state index contributed by atoms with van der Waals surface area (Å²) in [6.07, 6.45) is 6.11. The molecule has 9 heteroatoms. The number of nitrogens with one attached hydrogen (secondary N) is 3. The normalized spacial score (nSPS) is 16.2. The summed E-state index contributed by atoms with van der Waals surface area (Å²) in [5, 5.41) is 6.84. The molecule has 1 aliphatic rings. The second kappa shape index (κ2) is 13.6. The summed E-state index contributed by atoms with van der Waals surface area (Å²) in [7, 11) is 0.233. The van der Waals surface area contributed by atoms with Crippen LogP contribution in [0.15, 0.2) is 29.3 Å². The number of hydrogen-bond acceptors (Lipinski definition) is 4. The molecule has 2 rings (SSSR count). The minimum atomic E-state index is -3.31. The van der Waals surface area contributed by atoms with Crippen LogP contribution < -0.4 is 15.4 Å². The third-order valence-electron chi connectivity index (χ3n) is 5.61. The molecule has 1 aliphatic carbocycles. The number of rotatable bonds is 11. The van der Waals surface area contributed by atoms with E-state index in [0.29, 0.717) is 12.0 Å². The van der Waals surface area contributed by atoms with Crippen LogP contribution in [0, 0.1) is 5.41 Å². The van der Waals surface area contributed by atoms with Gasteiger partial charge in [-0.1, -0.05) is 37.1 Å². The predicted molar refractivity (Wildman–Crippen MR) is 138 cm³/mol. The van der Waals surface area contributed by atoms with Gasteiger partial charge in [-0.2, -0.15) is 0 Å². The highest BCUT2D eigenvalue weighted by atomic mass is 127. The van der Waals surface area contributed by atoms with Crippen molar-refractivity contribution in [3.63, 3.8) is 0 Å². The van der Waals surface area contributed by atoms with Crippen LogP contribution in [0.3, 0.4) is 0 Å². The first kappa shape index (κ1) is 28.1. The minimum Gasteiger partial charge on any atom is -0.385 e. The van der Waals surface area contributed by atoms with Gasteiger partial charge in [-0.05, 0) is 49.7 Å². The summed E-state index contributed by atoms with van der Waals surface area (Å²) < 4.78 is 32.1. The van der Waals surface area contributed by atoms with Crippen LogP contribution in [0.4, 0.5) is 0 Å². The van der Waals surface area contributed by atoms with Gasteiger partial charge < -0.3 is 15.4 Å². The van der Waals surface area contributed by atoms with E-state index in [4.69, 9.17) is 4.74 Å². The maximum Gasteiger partial charge on any atom is 0.216 e. The van der Waals surface area contributed by atoms with Crippen LogP contribution in [0.1, 0.15) is 57.1 Å². The van der Waals surface area contributed by atoms with Gasteiger partial charge in [0.25, 0.3) is 0 Å². The molecule has 3 N–H and O–H groups in total. The standard InChI is InChI=1S/C22H38N4O3S.HI/c1-18(2)26-30(27,28)16-20-9-7-19(8-10-20)15-24-21(23-3)25-17-22(13-14-29-4)11-5-6-12-22;/h7-10,18,26H,5-6,11-17H2,1-4H3,(H2,23,24,25);1H. The Morgan fingerprint density at radius 3 is 2.29 bits per heavy atom. The molecule has 0 aromatic heterocycles. The molecule has 0 heterocycles. The zero-order valence-corrected chi connectivity index (χ0v) is 22.4. The van der Waals surface area contributed by atoms with Crippen molar-refractivity contribution in [1.29, 1.82) is 0 Å². The number of guanidine groups is 1. The van der Waals surface area contributed by atoms with Crippen molar-refractivity contribution in [2.45, 2.75) is 64.3 Å². The molecule has 1 saturated carbocycles. The van der Waals surface area contributed by atoms with Crippen molar-refractivity contribution in [1.82, 2.24) is 15.4 Å². The molecule has 0 aliphatic heterocycles. The molecule has 31 heavy (non-hydrogen) atoms. The van der Waals surface area contributed by atoms with Gasteiger partial charge in [-0.3, -0.25) is 4.99 Å². The fourth-order valence-corrected chi connectivity index (χ4v) is 5.44. The Kier molecular flexibility index (Phi) is 12.3. The van der Waals surface area contributed by atoms with Crippen LogP contribution in [-0.2, 0) is 27.1 Å². The summed E-state index contributed by atoms with van der Waals surface area (Å²) in [4.78, 5) is 4.34. The molecule has 0 radical (unpaired) electrons. The zero-order valence-electron chi connectivity index (χ0n) is 19.2. The van der Waals surface area contributed by atoms with E-state index in [1.165, 1.54) is 25.7 Å². The predicted octanol–water partition coefficient (Wildman–Crippen LogP) is 3.39. The fraction of sp³-hybridized carbons (Fsp3) is 0.682. The summed E-state index contributed by atoms with van der Waals surface area (Å²) in [6.45, 7) is 5.96. The highest BCUT2D eigenvalue weighted by molar-refractivity contribution is 14.0. The van der Waals surface area contributed by atoms with Crippen LogP contribution in [0.5, 0.6) is 0 Å². The van der Waals surface area contributed by atoms with Crippen molar-refractivity contribution in [3.05, 3.63) is 35.4 Å². The lowest BCUT2D eigenvalue weighted by atomic mass is 9.83. The van der Waals surface area contributed by atoms with Gasteiger partial charge >= 0.3 is 0 Å². The molecule has 1 aromatic carbocycles. The highest BCUT2D eigenvalue weighted by Crippen LogP contribution is 2.40. The van der Waals surface area contributed by atoms with Gasteiger partial charge in [0.1, 0.15) is 0 Å². The zero-order chi connectivity index (χ0) is 22.0. The Morgan fingerprint density at radius 2 is 1.74 bits per heavy atom. The van der Waals surface area contributed by atoms with E-state index in [1.54, 1.807) is 14.2 Å². The lowest BCUT2D eigenvalue weighted by Gasteiger charge is -2.30. The van der Waals surface area contributed by atoms with E-state index >= 15 is 0 Å². The second-order valence-corrected chi connectivity index (χ2v) is 10.3. The van der Waals surface area contributed by atoms with Crippen LogP contribution >= 0.6 is 24.0 Å². The molecule has 0 spiro atoms. The van der Waals surface area contributed by atoms with Crippen molar-refractivity contribution in [2.24, 2.45) is 10.4 Å². The Labute approximate surface area is 205 Å².